The first-order chi connectivity index (χ1) is 10.2. The monoisotopic (exact) mass is 283 g/mol. The molecular formula is C17H21N3O. The number of nitrogens with zero attached hydrogens (tertiary/aromatic N) is 2. The third-order valence-electron chi connectivity index (χ3n) is 4.77. The molecule has 2 aliphatic carbocycles. The molecule has 1 heterocycles. The minimum Gasteiger partial charge on any atom is -0.339 e. The highest BCUT2D eigenvalue weighted by molar-refractivity contribution is 5.42. The molecule has 110 valence electrons. The first-order valence-electron chi connectivity index (χ1n) is 7.87. The molecule has 0 bridgehead atoms. The lowest BCUT2D eigenvalue weighted by Gasteiger charge is -2.13. The quantitative estimate of drug-likeness (QED) is 0.937. The highest BCUT2D eigenvalue weighted by Crippen LogP contribution is 2.64. The number of aromatic nitrogens is 2. The lowest BCUT2D eigenvalue weighted by atomic mass is 9.92. The van der Waals surface area contributed by atoms with Crippen molar-refractivity contribution in [2.24, 2.45) is 5.92 Å². The molecule has 4 rings (SSSR count). The minimum atomic E-state index is 0.433. The fourth-order valence-electron chi connectivity index (χ4n) is 3.67. The zero-order valence-electron chi connectivity index (χ0n) is 12.5. The van der Waals surface area contributed by atoms with Gasteiger partial charge in [0.2, 0.25) is 5.89 Å². The topological polar surface area (TPSA) is 51.0 Å². The van der Waals surface area contributed by atoms with Crippen LogP contribution in [0, 0.1) is 5.92 Å². The first-order valence-corrected chi connectivity index (χ1v) is 7.87. The summed E-state index contributed by atoms with van der Waals surface area (Å²) in [4.78, 5) is 4.60. The Bertz CT molecular complexity index is 649. The molecule has 0 radical (unpaired) electrons. The Kier molecular flexibility index (Phi) is 3.07. The van der Waals surface area contributed by atoms with E-state index in [0.29, 0.717) is 30.3 Å². The van der Waals surface area contributed by atoms with Crippen molar-refractivity contribution in [1.82, 2.24) is 15.5 Å². The van der Waals surface area contributed by atoms with E-state index >= 15 is 0 Å². The maximum Gasteiger partial charge on any atom is 0.230 e. The highest BCUT2D eigenvalue weighted by atomic mass is 16.5. The summed E-state index contributed by atoms with van der Waals surface area (Å²) in [5.41, 5.74) is 3.00. The lowest BCUT2D eigenvalue weighted by Crippen LogP contribution is -2.22. The lowest BCUT2D eigenvalue weighted by molar-refractivity contribution is 0.367. The van der Waals surface area contributed by atoms with Gasteiger partial charge in [0, 0.05) is 12.0 Å². The maximum atomic E-state index is 5.53. The molecule has 4 nitrogen and oxygen atoms in total. The smallest absolute Gasteiger partial charge is 0.230 e. The standard InChI is InChI=1S/C17H21N3O/c1-10(2)18-9-14-19-17(21-20-14)16-13-8-7-11-5-3-4-6-12(11)15(13)16/h3-6,10,13,15-16,18H,7-9H2,1-2H3. The Balaban J connectivity index is 1.52. The van der Waals surface area contributed by atoms with Crippen molar-refractivity contribution in [3.05, 3.63) is 47.1 Å². The van der Waals surface area contributed by atoms with E-state index in [9.17, 15) is 0 Å². The Labute approximate surface area is 124 Å². The molecule has 1 aromatic heterocycles. The van der Waals surface area contributed by atoms with E-state index in [2.05, 4.69) is 53.6 Å². The average Bonchev–Trinajstić information content (AvgIpc) is 3.06. The van der Waals surface area contributed by atoms with Gasteiger partial charge in [-0.15, -0.1) is 0 Å². The van der Waals surface area contributed by atoms with Crippen molar-refractivity contribution in [1.29, 1.82) is 0 Å². The summed E-state index contributed by atoms with van der Waals surface area (Å²) in [7, 11) is 0. The molecular weight excluding hydrogens is 262 g/mol. The summed E-state index contributed by atoms with van der Waals surface area (Å²) < 4.78 is 5.53. The highest BCUT2D eigenvalue weighted by Gasteiger charge is 2.56. The van der Waals surface area contributed by atoms with Gasteiger partial charge in [-0.05, 0) is 35.8 Å². The van der Waals surface area contributed by atoms with E-state index in [4.69, 9.17) is 4.52 Å². The van der Waals surface area contributed by atoms with Crippen LogP contribution in [0.3, 0.4) is 0 Å². The van der Waals surface area contributed by atoms with Crippen molar-refractivity contribution in [2.45, 2.75) is 51.1 Å². The van der Waals surface area contributed by atoms with Gasteiger partial charge >= 0.3 is 0 Å². The van der Waals surface area contributed by atoms with Gasteiger partial charge < -0.3 is 9.84 Å². The molecule has 4 heteroatoms. The molecule has 0 spiro atoms. The molecule has 1 aromatic carbocycles. The van der Waals surface area contributed by atoms with Crippen LogP contribution in [-0.2, 0) is 13.0 Å². The molecule has 1 fully saturated rings. The third-order valence-corrected chi connectivity index (χ3v) is 4.77. The van der Waals surface area contributed by atoms with Gasteiger partial charge in [0.25, 0.3) is 0 Å². The zero-order chi connectivity index (χ0) is 14.4. The number of nitrogens with one attached hydrogen (secondary N) is 1. The van der Waals surface area contributed by atoms with Crippen LogP contribution in [0.25, 0.3) is 0 Å². The molecule has 1 N–H and O–H groups in total. The molecule has 2 aromatic rings. The molecule has 3 atom stereocenters. The molecule has 0 aliphatic heterocycles. The third kappa shape index (κ3) is 2.27. The van der Waals surface area contributed by atoms with Crippen LogP contribution in [0.1, 0.15) is 54.9 Å². The summed E-state index contributed by atoms with van der Waals surface area (Å²) in [5, 5.41) is 7.44. The van der Waals surface area contributed by atoms with Crippen LogP contribution >= 0.6 is 0 Å². The SMILES string of the molecule is CC(C)NCc1noc(C2C3CCc4ccccc4C32)n1. The second-order valence-electron chi connectivity index (χ2n) is 6.54. The van der Waals surface area contributed by atoms with E-state index in [0.717, 1.165) is 11.7 Å². The number of aryl methyl sites for hydroxylation is 1. The summed E-state index contributed by atoms with van der Waals surface area (Å²) in [6.07, 6.45) is 2.43. The van der Waals surface area contributed by atoms with Crippen molar-refractivity contribution in [2.75, 3.05) is 0 Å². The maximum absolute atomic E-state index is 5.53. The minimum absolute atomic E-state index is 0.433. The van der Waals surface area contributed by atoms with Crippen LogP contribution in [0.2, 0.25) is 0 Å². The number of hydrogen-bond acceptors (Lipinski definition) is 4. The zero-order valence-corrected chi connectivity index (χ0v) is 12.5. The van der Waals surface area contributed by atoms with Crippen molar-refractivity contribution < 1.29 is 4.52 Å². The van der Waals surface area contributed by atoms with Crippen molar-refractivity contribution in [3.63, 3.8) is 0 Å². The van der Waals surface area contributed by atoms with Crippen LogP contribution in [0.5, 0.6) is 0 Å². The fraction of sp³-hybridized carbons (Fsp3) is 0.529. The van der Waals surface area contributed by atoms with Gasteiger partial charge in [0.1, 0.15) is 0 Å². The number of fused-ring (bicyclic) bond motifs is 3. The molecule has 21 heavy (non-hydrogen) atoms. The molecule has 0 amide bonds. The Hall–Kier alpha value is -1.68. The predicted octanol–water partition coefficient (Wildman–Crippen LogP) is 3.01. The van der Waals surface area contributed by atoms with Gasteiger partial charge in [-0.1, -0.05) is 43.3 Å². The Morgan fingerprint density at radius 1 is 1.29 bits per heavy atom. The summed E-state index contributed by atoms with van der Waals surface area (Å²) in [5.74, 6) is 3.35. The summed E-state index contributed by atoms with van der Waals surface area (Å²) in [6.45, 7) is 4.92. The summed E-state index contributed by atoms with van der Waals surface area (Å²) in [6, 6.07) is 9.24. The van der Waals surface area contributed by atoms with Crippen molar-refractivity contribution >= 4 is 0 Å². The molecule has 1 saturated carbocycles. The van der Waals surface area contributed by atoms with Gasteiger partial charge in [-0.3, -0.25) is 0 Å². The van der Waals surface area contributed by atoms with Crippen LogP contribution < -0.4 is 5.32 Å². The van der Waals surface area contributed by atoms with Crippen LogP contribution in [-0.4, -0.2) is 16.2 Å². The van der Waals surface area contributed by atoms with Gasteiger partial charge in [0.15, 0.2) is 5.82 Å². The van der Waals surface area contributed by atoms with E-state index in [1.54, 1.807) is 0 Å². The Morgan fingerprint density at radius 2 is 2.14 bits per heavy atom. The number of hydrogen-bond donors (Lipinski definition) is 1. The molecule has 2 aliphatic rings. The van der Waals surface area contributed by atoms with Crippen LogP contribution in [0.4, 0.5) is 0 Å². The normalized spacial score (nSPS) is 26.5. The van der Waals surface area contributed by atoms with Gasteiger partial charge in [-0.25, -0.2) is 0 Å². The number of benzene rings is 1. The van der Waals surface area contributed by atoms with E-state index in [1.807, 2.05) is 0 Å². The second kappa shape index (κ2) is 4.95. The predicted molar refractivity (Wildman–Crippen MR) is 80.0 cm³/mol. The van der Waals surface area contributed by atoms with Gasteiger partial charge in [0.05, 0.1) is 6.54 Å². The molecule has 3 unspecified atom stereocenters. The largest absolute Gasteiger partial charge is 0.339 e. The fourth-order valence-corrected chi connectivity index (χ4v) is 3.67. The van der Waals surface area contributed by atoms with Crippen molar-refractivity contribution in [3.8, 4) is 0 Å². The van der Waals surface area contributed by atoms with E-state index in [-0.39, 0.29) is 0 Å². The van der Waals surface area contributed by atoms with E-state index < -0.39 is 0 Å². The second-order valence-corrected chi connectivity index (χ2v) is 6.54. The first kappa shape index (κ1) is 13.0. The van der Waals surface area contributed by atoms with Gasteiger partial charge in [-0.2, -0.15) is 4.98 Å². The molecule has 0 saturated heterocycles. The summed E-state index contributed by atoms with van der Waals surface area (Å²) >= 11 is 0. The Morgan fingerprint density at radius 3 is 3.00 bits per heavy atom. The van der Waals surface area contributed by atoms with E-state index in [1.165, 1.54) is 24.0 Å². The van der Waals surface area contributed by atoms with Crippen LogP contribution in [0.15, 0.2) is 28.8 Å². The number of rotatable bonds is 4. The average molecular weight is 283 g/mol.